The van der Waals surface area contributed by atoms with Gasteiger partial charge in [-0.15, -0.1) is 0 Å². The Morgan fingerprint density at radius 1 is 1.32 bits per heavy atom. The first-order chi connectivity index (χ1) is 12.0. The second-order valence-corrected chi connectivity index (χ2v) is 7.29. The van der Waals surface area contributed by atoms with Crippen LogP contribution in [-0.2, 0) is 4.79 Å². The van der Waals surface area contributed by atoms with Crippen LogP contribution in [0.5, 0.6) is 0 Å². The Kier molecular flexibility index (Phi) is 3.89. The lowest BCUT2D eigenvalue weighted by Crippen LogP contribution is -2.17. The van der Waals surface area contributed by atoms with Crippen LogP contribution in [0.4, 0.5) is 4.39 Å². The summed E-state index contributed by atoms with van der Waals surface area (Å²) in [5, 5.41) is 3.34. The highest BCUT2D eigenvalue weighted by atomic mass is 32.2. The molecule has 1 saturated heterocycles. The fourth-order valence-corrected chi connectivity index (χ4v) is 3.59. The standard InChI is InChI=1S/C18H11FN2O2S2/c1-9-2-3-10(5-14(9)19)13-8-20-7-11-4-12(23-16(11)13)6-15-17(22)21-18(24)25-15/h2-8H,1H3,(H,21,22,24). The fraction of sp³-hybridized carbons (Fsp3) is 0.0556. The Morgan fingerprint density at radius 3 is 2.88 bits per heavy atom. The molecule has 0 bridgehead atoms. The van der Waals surface area contributed by atoms with Crippen LogP contribution in [0.15, 0.2) is 46.0 Å². The molecule has 124 valence electrons. The van der Waals surface area contributed by atoms with Gasteiger partial charge in [0.2, 0.25) is 0 Å². The van der Waals surface area contributed by atoms with Crippen molar-refractivity contribution >= 4 is 51.3 Å². The lowest BCUT2D eigenvalue weighted by Gasteiger charge is -2.04. The molecule has 0 atom stereocenters. The summed E-state index contributed by atoms with van der Waals surface area (Å²) in [4.78, 5) is 16.5. The first-order valence-electron chi connectivity index (χ1n) is 7.40. The zero-order valence-corrected chi connectivity index (χ0v) is 14.6. The number of carbonyl (C=O) groups is 1. The third-order valence-electron chi connectivity index (χ3n) is 3.84. The molecule has 1 aromatic carbocycles. The molecule has 0 radical (unpaired) electrons. The summed E-state index contributed by atoms with van der Waals surface area (Å²) in [7, 11) is 0. The predicted molar refractivity (Wildman–Crippen MR) is 100 cm³/mol. The maximum absolute atomic E-state index is 13.9. The first-order valence-corrected chi connectivity index (χ1v) is 8.62. The zero-order chi connectivity index (χ0) is 17.6. The summed E-state index contributed by atoms with van der Waals surface area (Å²) >= 11 is 6.16. The number of thiocarbonyl (C=S) groups is 1. The van der Waals surface area contributed by atoms with Gasteiger partial charge in [-0.05, 0) is 30.2 Å². The van der Waals surface area contributed by atoms with E-state index in [2.05, 4.69) is 10.3 Å². The van der Waals surface area contributed by atoms with Crippen LogP contribution in [-0.4, -0.2) is 15.2 Å². The van der Waals surface area contributed by atoms with Gasteiger partial charge in [-0.2, -0.15) is 0 Å². The smallest absolute Gasteiger partial charge is 0.263 e. The van der Waals surface area contributed by atoms with Crippen molar-refractivity contribution in [3.63, 3.8) is 0 Å². The van der Waals surface area contributed by atoms with E-state index in [1.165, 1.54) is 17.8 Å². The molecule has 0 aliphatic carbocycles. The number of hydrogen-bond donors (Lipinski definition) is 1. The summed E-state index contributed by atoms with van der Waals surface area (Å²) in [6.07, 6.45) is 4.94. The van der Waals surface area contributed by atoms with Gasteiger partial charge in [-0.3, -0.25) is 9.78 Å². The van der Waals surface area contributed by atoms with Crippen LogP contribution < -0.4 is 5.32 Å². The second kappa shape index (κ2) is 6.09. The molecule has 1 aliphatic heterocycles. The monoisotopic (exact) mass is 370 g/mol. The quantitative estimate of drug-likeness (QED) is 0.534. The van der Waals surface area contributed by atoms with Gasteiger partial charge >= 0.3 is 0 Å². The van der Waals surface area contributed by atoms with Crippen molar-refractivity contribution in [1.82, 2.24) is 10.3 Å². The largest absolute Gasteiger partial charge is 0.456 e. The molecule has 3 heterocycles. The predicted octanol–water partition coefficient (Wildman–Crippen LogP) is 4.43. The summed E-state index contributed by atoms with van der Waals surface area (Å²) in [6, 6.07) is 6.80. The molecule has 2 aromatic heterocycles. The van der Waals surface area contributed by atoms with E-state index in [4.69, 9.17) is 16.6 Å². The number of carbonyl (C=O) groups excluding carboxylic acids is 1. The number of benzene rings is 1. The van der Waals surface area contributed by atoms with Crippen molar-refractivity contribution in [2.75, 3.05) is 0 Å². The average molecular weight is 370 g/mol. The summed E-state index contributed by atoms with van der Waals surface area (Å²) in [6.45, 7) is 1.71. The summed E-state index contributed by atoms with van der Waals surface area (Å²) in [5.74, 6) is -0.00969. The zero-order valence-electron chi connectivity index (χ0n) is 13.0. The van der Waals surface area contributed by atoms with Crippen molar-refractivity contribution in [3.05, 3.63) is 58.7 Å². The van der Waals surface area contributed by atoms with E-state index in [1.807, 2.05) is 6.07 Å². The molecule has 25 heavy (non-hydrogen) atoms. The number of fused-ring (bicyclic) bond motifs is 1. The number of rotatable bonds is 2. The number of nitrogens with zero attached hydrogens (tertiary/aromatic N) is 1. The molecule has 1 aliphatic rings. The van der Waals surface area contributed by atoms with Gasteiger partial charge in [0.1, 0.15) is 21.5 Å². The molecule has 0 unspecified atom stereocenters. The van der Waals surface area contributed by atoms with Crippen LogP contribution >= 0.6 is 24.0 Å². The molecule has 0 spiro atoms. The minimum atomic E-state index is -0.282. The van der Waals surface area contributed by atoms with Gasteiger partial charge in [0.15, 0.2) is 0 Å². The van der Waals surface area contributed by atoms with E-state index in [1.54, 1.807) is 37.5 Å². The van der Waals surface area contributed by atoms with Gasteiger partial charge < -0.3 is 9.73 Å². The molecule has 0 saturated carbocycles. The van der Waals surface area contributed by atoms with Crippen molar-refractivity contribution in [2.45, 2.75) is 6.92 Å². The topological polar surface area (TPSA) is 55.1 Å². The van der Waals surface area contributed by atoms with E-state index in [0.717, 1.165) is 5.39 Å². The van der Waals surface area contributed by atoms with E-state index in [-0.39, 0.29) is 11.7 Å². The number of amides is 1. The molecule has 7 heteroatoms. The number of nitrogens with one attached hydrogen (secondary N) is 1. The van der Waals surface area contributed by atoms with Crippen molar-refractivity contribution < 1.29 is 13.6 Å². The second-order valence-electron chi connectivity index (χ2n) is 5.57. The number of hydrogen-bond acceptors (Lipinski definition) is 5. The van der Waals surface area contributed by atoms with Crippen molar-refractivity contribution in [3.8, 4) is 11.1 Å². The molecular formula is C18H11FN2O2S2. The highest BCUT2D eigenvalue weighted by molar-refractivity contribution is 8.26. The number of aryl methyl sites for hydroxylation is 1. The Balaban J connectivity index is 1.81. The van der Waals surface area contributed by atoms with E-state index in [0.29, 0.717) is 37.3 Å². The lowest BCUT2D eigenvalue weighted by molar-refractivity contribution is -0.115. The number of halogens is 1. The number of aromatic nitrogens is 1. The third-order valence-corrected chi connectivity index (χ3v) is 5.00. The van der Waals surface area contributed by atoms with Crippen LogP contribution in [0.3, 0.4) is 0 Å². The highest BCUT2D eigenvalue weighted by Gasteiger charge is 2.23. The van der Waals surface area contributed by atoms with Gasteiger partial charge in [-0.1, -0.05) is 36.1 Å². The maximum atomic E-state index is 13.9. The highest BCUT2D eigenvalue weighted by Crippen LogP contribution is 2.33. The van der Waals surface area contributed by atoms with E-state index >= 15 is 0 Å². The van der Waals surface area contributed by atoms with Gasteiger partial charge in [0.25, 0.3) is 5.91 Å². The molecule has 1 N–H and O–H groups in total. The van der Waals surface area contributed by atoms with Gasteiger partial charge in [-0.25, -0.2) is 4.39 Å². The summed E-state index contributed by atoms with van der Waals surface area (Å²) < 4.78 is 20.2. The Bertz CT molecular complexity index is 1070. The molecular weight excluding hydrogens is 359 g/mol. The third kappa shape index (κ3) is 2.96. The van der Waals surface area contributed by atoms with Crippen molar-refractivity contribution in [1.29, 1.82) is 0 Å². The van der Waals surface area contributed by atoms with Crippen LogP contribution in [0, 0.1) is 12.7 Å². The number of pyridine rings is 1. The van der Waals surface area contributed by atoms with Crippen molar-refractivity contribution in [2.24, 2.45) is 0 Å². The SMILES string of the molecule is Cc1ccc(-c2cncc3cc(C=C4SC(=S)NC4=O)oc23)cc1F. The van der Waals surface area contributed by atoms with Crippen LogP contribution in [0.1, 0.15) is 11.3 Å². The van der Waals surface area contributed by atoms with E-state index < -0.39 is 0 Å². The summed E-state index contributed by atoms with van der Waals surface area (Å²) in [5.41, 5.74) is 2.55. The average Bonchev–Trinajstić information content (AvgIpc) is 3.12. The molecule has 4 rings (SSSR count). The molecule has 3 aromatic rings. The number of furan rings is 1. The van der Waals surface area contributed by atoms with Gasteiger partial charge in [0, 0.05) is 29.4 Å². The Labute approximate surface area is 152 Å². The lowest BCUT2D eigenvalue weighted by atomic mass is 10.0. The van der Waals surface area contributed by atoms with Gasteiger partial charge in [0.05, 0.1) is 4.91 Å². The maximum Gasteiger partial charge on any atom is 0.263 e. The first kappa shape index (κ1) is 16.0. The molecule has 1 amide bonds. The van der Waals surface area contributed by atoms with Crippen LogP contribution in [0.2, 0.25) is 0 Å². The minimum absolute atomic E-state index is 0.241. The van der Waals surface area contributed by atoms with E-state index in [9.17, 15) is 9.18 Å². The van der Waals surface area contributed by atoms with Crippen LogP contribution in [0.25, 0.3) is 28.2 Å². The fourth-order valence-electron chi connectivity index (χ4n) is 2.57. The minimum Gasteiger partial charge on any atom is -0.456 e. The number of thioether (sulfide) groups is 1. The Hall–Kier alpha value is -2.51. The molecule has 4 nitrogen and oxygen atoms in total. The molecule has 1 fully saturated rings. The Morgan fingerprint density at radius 2 is 2.16 bits per heavy atom. The normalized spacial score (nSPS) is 16.0.